The maximum Gasteiger partial charge on any atom is 0.401 e. The summed E-state index contributed by atoms with van der Waals surface area (Å²) in [7, 11) is 0. The van der Waals surface area contributed by atoms with Crippen LogP contribution in [0.1, 0.15) is 16.8 Å². The van der Waals surface area contributed by atoms with Gasteiger partial charge in [-0.1, -0.05) is 6.92 Å². The van der Waals surface area contributed by atoms with E-state index in [4.69, 9.17) is 0 Å². The van der Waals surface area contributed by atoms with Crippen molar-refractivity contribution in [2.75, 3.05) is 19.6 Å². The molecule has 1 heterocycles. The van der Waals surface area contributed by atoms with Crippen LogP contribution < -0.4 is 10.6 Å². The lowest BCUT2D eigenvalue weighted by atomic mass is 10.4. The van der Waals surface area contributed by atoms with Crippen molar-refractivity contribution >= 4 is 11.3 Å². The van der Waals surface area contributed by atoms with E-state index in [9.17, 15) is 13.2 Å². The molecule has 1 aromatic rings. The van der Waals surface area contributed by atoms with Gasteiger partial charge in [-0.3, -0.25) is 0 Å². The largest absolute Gasteiger partial charge is 0.401 e. The molecule has 3 nitrogen and oxygen atoms in total. The third-order valence-electron chi connectivity index (χ3n) is 2.03. The van der Waals surface area contributed by atoms with Crippen LogP contribution in [0.3, 0.4) is 0 Å². The van der Waals surface area contributed by atoms with Crippen molar-refractivity contribution in [3.05, 3.63) is 16.1 Å². The topological polar surface area (TPSA) is 37.0 Å². The Kier molecular flexibility index (Phi) is 5.87. The third-order valence-corrected chi connectivity index (χ3v) is 3.17. The number of halogens is 3. The van der Waals surface area contributed by atoms with E-state index in [2.05, 4.69) is 22.5 Å². The number of aryl methyl sites for hydroxylation is 1. The van der Waals surface area contributed by atoms with Gasteiger partial charge in [0.25, 0.3) is 0 Å². The molecule has 0 aliphatic rings. The molecule has 0 bridgehead atoms. The minimum Gasteiger partial charge on any atom is -0.309 e. The Hall–Kier alpha value is -0.660. The van der Waals surface area contributed by atoms with Crippen LogP contribution in [0.2, 0.25) is 0 Å². The Morgan fingerprint density at radius 3 is 2.59 bits per heavy atom. The zero-order valence-corrected chi connectivity index (χ0v) is 10.4. The predicted octanol–water partition coefficient (Wildman–Crippen LogP) is 1.95. The molecule has 0 saturated carbocycles. The van der Waals surface area contributed by atoms with Crippen molar-refractivity contribution < 1.29 is 13.2 Å². The van der Waals surface area contributed by atoms with Gasteiger partial charge in [0.1, 0.15) is 5.01 Å². The minimum absolute atomic E-state index is 0.297. The van der Waals surface area contributed by atoms with E-state index in [1.807, 2.05) is 6.20 Å². The number of nitrogens with one attached hydrogen (secondary N) is 2. The van der Waals surface area contributed by atoms with Crippen LogP contribution >= 0.6 is 11.3 Å². The molecule has 0 spiro atoms. The zero-order valence-electron chi connectivity index (χ0n) is 9.60. The number of thiazole rings is 1. The first-order valence-corrected chi connectivity index (χ1v) is 6.24. The molecule has 1 aromatic heterocycles. The normalized spacial score (nSPS) is 12.0. The molecular formula is C10H16F3N3S. The molecule has 0 atom stereocenters. The van der Waals surface area contributed by atoms with Crippen LogP contribution in [0.4, 0.5) is 13.2 Å². The van der Waals surface area contributed by atoms with E-state index in [-0.39, 0.29) is 0 Å². The fourth-order valence-electron chi connectivity index (χ4n) is 1.20. The first kappa shape index (κ1) is 14.4. The van der Waals surface area contributed by atoms with Crippen LogP contribution in [-0.2, 0) is 13.0 Å². The highest BCUT2D eigenvalue weighted by Crippen LogP contribution is 2.13. The number of hydrogen-bond donors (Lipinski definition) is 2. The summed E-state index contributed by atoms with van der Waals surface area (Å²) in [5.41, 5.74) is 0. The monoisotopic (exact) mass is 267 g/mol. The summed E-state index contributed by atoms with van der Waals surface area (Å²) in [5.74, 6) is 0. The predicted molar refractivity (Wildman–Crippen MR) is 62.1 cm³/mol. The van der Waals surface area contributed by atoms with E-state index in [1.165, 1.54) is 4.88 Å². The molecule has 17 heavy (non-hydrogen) atoms. The minimum atomic E-state index is -4.13. The smallest absolute Gasteiger partial charge is 0.309 e. The molecule has 0 fully saturated rings. The molecule has 0 aliphatic carbocycles. The standard InChI is InChI=1S/C10H16F3N3S/c1-2-8-5-16-9(17-8)6-14-3-4-15-7-10(11,12)13/h5,14-15H,2-4,6-7H2,1H3. The van der Waals surface area contributed by atoms with Gasteiger partial charge >= 0.3 is 6.18 Å². The summed E-state index contributed by atoms with van der Waals surface area (Å²) < 4.78 is 35.3. The maximum absolute atomic E-state index is 11.8. The van der Waals surface area contributed by atoms with Crippen molar-refractivity contribution in [3.8, 4) is 0 Å². The molecule has 0 amide bonds. The summed E-state index contributed by atoms with van der Waals surface area (Å²) in [5, 5.41) is 6.34. The molecule has 0 radical (unpaired) electrons. The average Bonchev–Trinajstić information content (AvgIpc) is 2.69. The SMILES string of the molecule is CCc1cnc(CNCCNCC(F)(F)F)s1. The van der Waals surface area contributed by atoms with Crippen molar-refractivity contribution in [1.29, 1.82) is 0 Å². The summed E-state index contributed by atoms with van der Waals surface area (Å²) in [4.78, 5) is 5.42. The van der Waals surface area contributed by atoms with Crippen LogP contribution in [0, 0.1) is 0 Å². The van der Waals surface area contributed by atoms with Gasteiger partial charge in [-0.05, 0) is 6.42 Å². The van der Waals surface area contributed by atoms with Crippen molar-refractivity contribution in [3.63, 3.8) is 0 Å². The Labute approximate surface area is 102 Å². The summed E-state index contributed by atoms with van der Waals surface area (Å²) in [6, 6.07) is 0. The summed E-state index contributed by atoms with van der Waals surface area (Å²) in [6.45, 7) is 2.53. The molecule has 98 valence electrons. The first-order valence-electron chi connectivity index (χ1n) is 5.43. The highest BCUT2D eigenvalue weighted by atomic mass is 32.1. The summed E-state index contributed by atoms with van der Waals surface area (Å²) in [6.07, 6.45) is -1.33. The lowest BCUT2D eigenvalue weighted by Gasteiger charge is -2.08. The average molecular weight is 267 g/mol. The van der Waals surface area contributed by atoms with Gasteiger partial charge in [-0.2, -0.15) is 13.2 Å². The van der Waals surface area contributed by atoms with Gasteiger partial charge < -0.3 is 10.6 Å². The second-order valence-corrected chi connectivity index (χ2v) is 4.74. The van der Waals surface area contributed by atoms with Gasteiger partial charge in [-0.15, -0.1) is 11.3 Å². The van der Waals surface area contributed by atoms with E-state index < -0.39 is 12.7 Å². The lowest BCUT2D eigenvalue weighted by Crippen LogP contribution is -2.34. The number of alkyl halides is 3. The maximum atomic E-state index is 11.8. The number of aromatic nitrogens is 1. The molecule has 0 aromatic carbocycles. The van der Waals surface area contributed by atoms with E-state index in [1.54, 1.807) is 11.3 Å². The Bertz CT molecular complexity index is 325. The molecule has 2 N–H and O–H groups in total. The second kappa shape index (κ2) is 6.93. The van der Waals surface area contributed by atoms with Gasteiger partial charge in [-0.25, -0.2) is 4.98 Å². The number of nitrogens with zero attached hydrogens (tertiary/aromatic N) is 1. The Morgan fingerprint density at radius 1 is 1.29 bits per heavy atom. The quantitative estimate of drug-likeness (QED) is 0.741. The third kappa shape index (κ3) is 6.60. The number of rotatable bonds is 7. The highest BCUT2D eigenvalue weighted by Gasteiger charge is 2.25. The molecule has 7 heteroatoms. The van der Waals surface area contributed by atoms with E-state index in [0.29, 0.717) is 19.6 Å². The van der Waals surface area contributed by atoms with Crippen LogP contribution in [0.5, 0.6) is 0 Å². The molecule has 0 saturated heterocycles. The van der Waals surface area contributed by atoms with E-state index in [0.717, 1.165) is 11.4 Å². The molecule has 0 aliphatic heterocycles. The van der Waals surface area contributed by atoms with Crippen molar-refractivity contribution in [1.82, 2.24) is 15.6 Å². The Balaban J connectivity index is 2.04. The van der Waals surface area contributed by atoms with Gasteiger partial charge in [0.15, 0.2) is 0 Å². The fraction of sp³-hybridized carbons (Fsp3) is 0.700. The van der Waals surface area contributed by atoms with Crippen LogP contribution in [0.25, 0.3) is 0 Å². The highest BCUT2D eigenvalue weighted by molar-refractivity contribution is 7.11. The second-order valence-electron chi connectivity index (χ2n) is 3.54. The van der Waals surface area contributed by atoms with Crippen LogP contribution in [-0.4, -0.2) is 30.8 Å². The lowest BCUT2D eigenvalue weighted by molar-refractivity contribution is -0.124. The van der Waals surface area contributed by atoms with E-state index >= 15 is 0 Å². The first-order chi connectivity index (χ1) is 8.01. The van der Waals surface area contributed by atoms with Crippen molar-refractivity contribution in [2.45, 2.75) is 26.1 Å². The zero-order chi connectivity index (χ0) is 12.7. The van der Waals surface area contributed by atoms with Crippen LogP contribution in [0.15, 0.2) is 6.20 Å². The van der Waals surface area contributed by atoms with Gasteiger partial charge in [0.05, 0.1) is 6.54 Å². The van der Waals surface area contributed by atoms with Gasteiger partial charge in [0, 0.05) is 30.7 Å². The number of hydrogen-bond acceptors (Lipinski definition) is 4. The molecular weight excluding hydrogens is 251 g/mol. The Morgan fingerprint density at radius 2 is 2.00 bits per heavy atom. The molecule has 1 rings (SSSR count). The van der Waals surface area contributed by atoms with Crippen molar-refractivity contribution in [2.24, 2.45) is 0 Å². The van der Waals surface area contributed by atoms with Gasteiger partial charge in [0.2, 0.25) is 0 Å². The summed E-state index contributed by atoms with van der Waals surface area (Å²) >= 11 is 1.63. The fourth-order valence-corrected chi connectivity index (χ4v) is 2.03. The molecule has 0 unspecified atom stereocenters.